The molecule has 1 saturated carbocycles. The van der Waals surface area contributed by atoms with Crippen molar-refractivity contribution >= 4 is 29.1 Å². The number of halogens is 1. The molecule has 160 valence electrons. The largest absolute Gasteiger partial charge is 0.484 e. The average molecular weight is 430 g/mol. The predicted molar refractivity (Wildman–Crippen MR) is 118 cm³/mol. The van der Waals surface area contributed by atoms with Crippen molar-refractivity contribution in [2.45, 2.75) is 51.2 Å². The van der Waals surface area contributed by atoms with Crippen LogP contribution in [0.3, 0.4) is 0 Å². The number of carbonyl (C=O) groups is 2. The minimum Gasteiger partial charge on any atom is -0.484 e. The summed E-state index contributed by atoms with van der Waals surface area (Å²) >= 11 is 6.39. The predicted octanol–water partition coefficient (Wildman–Crippen LogP) is 3.98. The number of nitrogens with one attached hydrogen (secondary N) is 1. The molecule has 30 heavy (non-hydrogen) atoms. The van der Waals surface area contributed by atoms with Gasteiger partial charge >= 0.3 is 0 Å². The van der Waals surface area contributed by atoms with Crippen molar-refractivity contribution in [3.05, 3.63) is 59.1 Å². The summed E-state index contributed by atoms with van der Waals surface area (Å²) in [5, 5.41) is 3.37. The summed E-state index contributed by atoms with van der Waals surface area (Å²) < 4.78 is 5.48. The van der Waals surface area contributed by atoms with E-state index in [9.17, 15) is 9.59 Å². The summed E-state index contributed by atoms with van der Waals surface area (Å²) in [6, 6.07) is 14.4. The molecule has 0 bridgehead atoms. The Labute approximate surface area is 182 Å². The smallest absolute Gasteiger partial charge is 0.262 e. The number of hydrogen-bond acceptors (Lipinski definition) is 4. The van der Waals surface area contributed by atoms with Gasteiger partial charge in [-0.1, -0.05) is 42.6 Å². The zero-order valence-corrected chi connectivity index (χ0v) is 17.9. The zero-order chi connectivity index (χ0) is 21.5. The van der Waals surface area contributed by atoms with E-state index in [0.29, 0.717) is 23.0 Å². The number of anilines is 1. The van der Waals surface area contributed by atoms with Crippen molar-refractivity contribution in [3.63, 3.8) is 0 Å². The summed E-state index contributed by atoms with van der Waals surface area (Å²) in [5.41, 5.74) is 7.66. The Hall–Kier alpha value is -2.57. The third-order valence-corrected chi connectivity index (χ3v) is 5.74. The number of rotatable bonds is 7. The summed E-state index contributed by atoms with van der Waals surface area (Å²) in [6.07, 6.45) is 3.97. The fraction of sp³-hybridized carbons (Fsp3) is 0.391. The van der Waals surface area contributed by atoms with Crippen LogP contribution in [0.15, 0.2) is 48.5 Å². The number of ether oxygens (including phenoxy) is 1. The highest BCUT2D eigenvalue weighted by Crippen LogP contribution is 2.27. The molecule has 0 radical (unpaired) electrons. The number of para-hydroxylation sites is 1. The molecule has 0 aliphatic heterocycles. The molecule has 3 rings (SSSR count). The lowest BCUT2D eigenvalue weighted by Crippen LogP contribution is -2.51. The maximum absolute atomic E-state index is 12.3. The van der Waals surface area contributed by atoms with Crippen molar-refractivity contribution in [1.82, 2.24) is 4.90 Å². The molecular formula is C23H28ClN3O3. The summed E-state index contributed by atoms with van der Waals surface area (Å²) in [7, 11) is 0. The van der Waals surface area contributed by atoms with Gasteiger partial charge in [-0.15, -0.1) is 0 Å². The molecule has 2 unspecified atom stereocenters. The Morgan fingerprint density at radius 1 is 1.17 bits per heavy atom. The third-order valence-electron chi connectivity index (χ3n) is 5.37. The molecular weight excluding hydrogens is 402 g/mol. The van der Waals surface area contributed by atoms with Crippen molar-refractivity contribution in [2.75, 3.05) is 11.9 Å². The molecule has 1 fully saturated rings. The molecule has 0 aromatic heterocycles. The standard InChI is InChI=1S/C23H28ClN3O3/c1-16(28)27(22-10-6-5-9-21(22)25)14-17-13-18(11-12-20(17)24)26-23(29)15-30-19-7-3-2-4-8-19/h2-4,7-8,11-13,21-22H,5-6,9-10,14-15,25H2,1H3,(H,26,29). The van der Waals surface area contributed by atoms with Gasteiger partial charge in [0.1, 0.15) is 5.75 Å². The van der Waals surface area contributed by atoms with Gasteiger partial charge in [0, 0.05) is 36.3 Å². The van der Waals surface area contributed by atoms with Crippen LogP contribution < -0.4 is 15.8 Å². The highest BCUT2D eigenvalue weighted by molar-refractivity contribution is 6.31. The van der Waals surface area contributed by atoms with Crippen LogP contribution in [-0.4, -0.2) is 35.4 Å². The van der Waals surface area contributed by atoms with E-state index < -0.39 is 0 Å². The van der Waals surface area contributed by atoms with Gasteiger partial charge in [0.25, 0.3) is 5.91 Å². The van der Waals surface area contributed by atoms with Crippen LogP contribution >= 0.6 is 11.6 Å². The van der Waals surface area contributed by atoms with Gasteiger partial charge < -0.3 is 20.7 Å². The summed E-state index contributed by atoms with van der Waals surface area (Å²) in [4.78, 5) is 26.4. The van der Waals surface area contributed by atoms with E-state index in [-0.39, 0.29) is 30.5 Å². The molecule has 1 aliphatic carbocycles. The number of benzene rings is 2. The quantitative estimate of drug-likeness (QED) is 0.697. The Kier molecular flexibility index (Phi) is 7.71. The van der Waals surface area contributed by atoms with E-state index in [0.717, 1.165) is 31.2 Å². The van der Waals surface area contributed by atoms with Crippen LogP contribution in [0.1, 0.15) is 38.2 Å². The van der Waals surface area contributed by atoms with E-state index in [2.05, 4.69) is 5.32 Å². The van der Waals surface area contributed by atoms with Crippen LogP contribution in [0.5, 0.6) is 5.75 Å². The van der Waals surface area contributed by atoms with E-state index in [1.54, 1.807) is 42.2 Å². The van der Waals surface area contributed by atoms with Crippen molar-refractivity contribution < 1.29 is 14.3 Å². The summed E-state index contributed by atoms with van der Waals surface area (Å²) in [6.45, 7) is 1.82. The van der Waals surface area contributed by atoms with Crippen LogP contribution in [0, 0.1) is 0 Å². The minimum atomic E-state index is -0.273. The molecule has 2 aromatic rings. The fourth-order valence-corrected chi connectivity index (χ4v) is 3.99. The Bertz CT molecular complexity index is 875. The monoisotopic (exact) mass is 429 g/mol. The minimum absolute atomic E-state index is 0.00448. The van der Waals surface area contributed by atoms with Crippen molar-refractivity contribution in [3.8, 4) is 5.75 Å². The zero-order valence-electron chi connectivity index (χ0n) is 17.1. The molecule has 3 N–H and O–H groups in total. The molecule has 2 aromatic carbocycles. The molecule has 1 aliphatic rings. The van der Waals surface area contributed by atoms with Gasteiger partial charge in [-0.2, -0.15) is 0 Å². The number of nitrogens with zero attached hydrogens (tertiary/aromatic N) is 1. The lowest BCUT2D eigenvalue weighted by molar-refractivity contribution is -0.133. The second kappa shape index (κ2) is 10.5. The molecule has 2 atom stereocenters. The molecule has 2 amide bonds. The second-order valence-corrected chi connectivity index (χ2v) is 8.03. The molecule has 6 nitrogen and oxygen atoms in total. The second-order valence-electron chi connectivity index (χ2n) is 7.62. The van der Waals surface area contributed by atoms with Crippen LogP contribution in [-0.2, 0) is 16.1 Å². The van der Waals surface area contributed by atoms with E-state index in [1.165, 1.54) is 0 Å². The van der Waals surface area contributed by atoms with Gasteiger partial charge in [-0.25, -0.2) is 0 Å². The van der Waals surface area contributed by atoms with Gasteiger partial charge in [-0.3, -0.25) is 9.59 Å². The normalized spacial score (nSPS) is 18.5. The topological polar surface area (TPSA) is 84.7 Å². The van der Waals surface area contributed by atoms with Gasteiger partial charge in [-0.05, 0) is 48.7 Å². The van der Waals surface area contributed by atoms with Crippen LogP contribution in [0.4, 0.5) is 5.69 Å². The molecule has 0 heterocycles. The molecule has 0 saturated heterocycles. The highest BCUT2D eigenvalue weighted by atomic mass is 35.5. The lowest BCUT2D eigenvalue weighted by Gasteiger charge is -2.38. The Morgan fingerprint density at radius 3 is 2.60 bits per heavy atom. The molecule has 0 spiro atoms. The maximum atomic E-state index is 12.3. The van der Waals surface area contributed by atoms with Gasteiger partial charge in [0.2, 0.25) is 5.91 Å². The van der Waals surface area contributed by atoms with E-state index in [1.807, 2.05) is 18.2 Å². The first kappa shape index (κ1) is 22.1. The number of nitrogens with two attached hydrogens (primary N) is 1. The van der Waals surface area contributed by atoms with Crippen LogP contribution in [0.2, 0.25) is 5.02 Å². The fourth-order valence-electron chi connectivity index (χ4n) is 3.81. The first-order chi connectivity index (χ1) is 14.4. The number of carbonyl (C=O) groups excluding carboxylic acids is 2. The Morgan fingerprint density at radius 2 is 1.90 bits per heavy atom. The maximum Gasteiger partial charge on any atom is 0.262 e. The summed E-state index contributed by atoms with van der Waals surface area (Å²) in [5.74, 6) is 0.328. The Balaban J connectivity index is 1.66. The molecule has 7 heteroatoms. The SMILES string of the molecule is CC(=O)N(Cc1cc(NC(=O)COc2ccccc2)ccc1Cl)C1CCCCC1N. The van der Waals surface area contributed by atoms with Crippen molar-refractivity contribution in [1.29, 1.82) is 0 Å². The van der Waals surface area contributed by atoms with Crippen LogP contribution in [0.25, 0.3) is 0 Å². The van der Waals surface area contributed by atoms with E-state index >= 15 is 0 Å². The van der Waals surface area contributed by atoms with Crippen molar-refractivity contribution in [2.24, 2.45) is 5.73 Å². The third kappa shape index (κ3) is 5.97. The van der Waals surface area contributed by atoms with Gasteiger partial charge in [0.05, 0.1) is 0 Å². The highest BCUT2D eigenvalue weighted by Gasteiger charge is 2.29. The number of amides is 2. The van der Waals surface area contributed by atoms with Gasteiger partial charge in [0.15, 0.2) is 6.61 Å². The first-order valence-electron chi connectivity index (χ1n) is 10.2. The van der Waals surface area contributed by atoms with E-state index in [4.69, 9.17) is 22.1 Å². The first-order valence-corrected chi connectivity index (χ1v) is 10.6. The lowest BCUT2D eigenvalue weighted by atomic mass is 9.89. The number of hydrogen-bond donors (Lipinski definition) is 2. The average Bonchev–Trinajstić information content (AvgIpc) is 2.74.